The fraction of sp³-hybridized carbons (Fsp3) is 0. The van der Waals surface area contributed by atoms with E-state index in [-0.39, 0.29) is 11.4 Å². The summed E-state index contributed by atoms with van der Waals surface area (Å²) >= 11 is 0. The molecular formula is C43H27F2N5. The van der Waals surface area contributed by atoms with E-state index in [4.69, 9.17) is 15.0 Å². The Morgan fingerprint density at radius 1 is 0.300 bits per heavy atom. The van der Waals surface area contributed by atoms with Crippen LogP contribution < -0.4 is 0 Å². The van der Waals surface area contributed by atoms with Gasteiger partial charge in [-0.2, -0.15) is 0 Å². The lowest BCUT2D eigenvalue weighted by Gasteiger charge is -2.14. The summed E-state index contributed by atoms with van der Waals surface area (Å²) in [5.41, 5.74) is 7.32. The van der Waals surface area contributed by atoms with Crippen molar-refractivity contribution in [3.8, 4) is 78.9 Å². The van der Waals surface area contributed by atoms with Crippen LogP contribution in [0.25, 0.3) is 78.9 Å². The van der Waals surface area contributed by atoms with Gasteiger partial charge in [0.05, 0.1) is 0 Å². The Balaban J connectivity index is 1.38. The quantitative estimate of drug-likeness (QED) is 0.172. The van der Waals surface area contributed by atoms with E-state index < -0.39 is 11.6 Å². The van der Waals surface area contributed by atoms with Crippen LogP contribution in [0.5, 0.6) is 0 Å². The van der Waals surface area contributed by atoms with Crippen molar-refractivity contribution in [1.29, 1.82) is 0 Å². The molecule has 50 heavy (non-hydrogen) atoms. The smallest absolute Gasteiger partial charge is 0.164 e. The van der Waals surface area contributed by atoms with E-state index in [2.05, 4.69) is 9.97 Å². The maximum atomic E-state index is 15.2. The molecular weight excluding hydrogens is 625 g/mol. The first kappa shape index (κ1) is 30.6. The Morgan fingerprint density at radius 2 is 0.640 bits per heavy atom. The molecule has 0 saturated heterocycles. The summed E-state index contributed by atoms with van der Waals surface area (Å²) in [6.45, 7) is 0. The maximum absolute atomic E-state index is 15.2. The number of aromatic nitrogens is 5. The molecule has 0 aliphatic heterocycles. The highest BCUT2D eigenvalue weighted by Gasteiger charge is 2.18. The average Bonchev–Trinajstić information content (AvgIpc) is 3.19. The van der Waals surface area contributed by atoms with Crippen LogP contribution in [0, 0.1) is 11.6 Å². The molecule has 0 N–H and O–H groups in total. The fourth-order valence-corrected chi connectivity index (χ4v) is 5.93. The second kappa shape index (κ2) is 13.4. The van der Waals surface area contributed by atoms with Gasteiger partial charge in [0.15, 0.2) is 17.5 Å². The molecule has 0 radical (unpaired) electrons. The number of hydrogen-bond donors (Lipinski definition) is 0. The van der Waals surface area contributed by atoms with Gasteiger partial charge in [0, 0.05) is 40.2 Å². The zero-order valence-electron chi connectivity index (χ0n) is 26.6. The van der Waals surface area contributed by atoms with Gasteiger partial charge < -0.3 is 0 Å². The van der Waals surface area contributed by atoms with E-state index in [1.807, 2.05) is 127 Å². The van der Waals surface area contributed by atoms with E-state index >= 15 is 8.78 Å². The Kier molecular flexibility index (Phi) is 8.21. The minimum Gasteiger partial charge on any atom is -0.253 e. The molecule has 0 aliphatic carbocycles. The van der Waals surface area contributed by atoms with Gasteiger partial charge in [-0.3, -0.25) is 9.97 Å². The molecule has 8 aromatic rings. The molecule has 0 aliphatic rings. The minimum atomic E-state index is -0.433. The molecule has 0 bridgehead atoms. The van der Waals surface area contributed by atoms with Crippen molar-refractivity contribution < 1.29 is 8.78 Å². The molecule has 0 fully saturated rings. The molecule has 5 nitrogen and oxygen atoms in total. The van der Waals surface area contributed by atoms with Crippen LogP contribution in [-0.2, 0) is 0 Å². The van der Waals surface area contributed by atoms with Crippen LogP contribution in [0.15, 0.2) is 164 Å². The van der Waals surface area contributed by atoms with Gasteiger partial charge >= 0.3 is 0 Å². The molecule has 5 aromatic carbocycles. The zero-order valence-corrected chi connectivity index (χ0v) is 26.6. The summed E-state index contributed by atoms with van der Waals surface area (Å²) in [5, 5.41) is 0. The van der Waals surface area contributed by atoms with Gasteiger partial charge in [-0.05, 0) is 82.9 Å². The van der Waals surface area contributed by atoms with Crippen LogP contribution in [0.1, 0.15) is 0 Å². The first-order chi connectivity index (χ1) is 24.6. The van der Waals surface area contributed by atoms with Crippen molar-refractivity contribution in [1.82, 2.24) is 24.9 Å². The number of halogens is 2. The highest BCUT2D eigenvalue weighted by atomic mass is 19.1. The standard InChI is InChI=1S/C43H27F2N5/c44-37-18-10-20-46-39(37)33-22-31(28-12-4-1-5-13-28)24-35(26-33)42-48-41(30-16-8-3-9-17-30)49-43(50-42)36-25-32(29-14-6-2-7-15-29)23-34(27-36)40-38(45)19-11-21-47-40/h1-27H. The van der Waals surface area contributed by atoms with E-state index in [1.54, 1.807) is 24.5 Å². The van der Waals surface area contributed by atoms with E-state index in [1.165, 1.54) is 12.1 Å². The van der Waals surface area contributed by atoms with Crippen molar-refractivity contribution in [2.75, 3.05) is 0 Å². The summed E-state index contributed by atoms with van der Waals surface area (Å²) in [4.78, 5) is 23.7. The van der Waals surface area contributed by atoms with Gasteiger partial charge in [-0.1, -0.05) is 91.0 Å². The largest absolute Gasteiger partial charge is 0.253 e. The van der Waals surface area contributed by atoms with Gasteiger partial charge in [0.25, 0.3) is 0 Å². The molecule has 238 valence electrons. The van der Waals surface area contributed by atoms with E-state index in [0.29, 0.717) is 39.7 Å². The lowest BCUT2D eigenvalue weighted by atomic mass is 9.97. The predicted molar refractivity (Wildman–Crippen MR) is 193 cm³/mol. The lowest BCUT2D eigenvalue weighted by molar-refractivity contribution is 0.625. The second-order valence-corrected chi connectivity index (χ2v) is 11.7. The molecule has 0 spiro atoms. The Labute approximate surface area is 287 Å². The normalized spacial score (nSPS) is 11.0. The lowest BCUT2D eigenvalue weighted by Crippen LogP contribution is -2.01. The Hall–Kier alpha value is -6.73. The van der Waals surface area contributed by atoms with Crippen molar-refractivity contribution in [3.05, 3.63) is 176 Å². The van der Waals surface area contributed by atoms with Gasteiger partial charge in [-0.15, -0.1) is 0 Å². The van der Waals surface area contributed by atoms with Crippen LogP contribution in [0.2, 0.25) is 0 Å². The van der Waals surface area contributed by atoms with Crippen molar-refractivity contribution >= 4 is 0 Å². The molecule has 8 rings (SSSR count). The maximum Gasteiger partial charge on any atom is 0.164 e. The highest BCUT2D eigenvalue weighted by Crippen LogP contribution is 2.36. The Morgan fingerprint density at radius 3 is 1.04 bits per heavy atom. The molecule has 0 unspecified atom stereocenters. The van der Waals surface area contributed by atoms with Gasteiger partial charge in [-0.25, -0.2) is 23.7 Å². The third-order valence-electron chi connectivity index (χ3n) is 8.33. The topological polar surface area (TPSA) is 64.5 Å². The minimum absolute atomic E-state index is 0.224. The summed E-state index contributed by atoms with van der Waals surface area (Å²) in [6, 6.07) is 46.8. The first-order valence-corrected chi connectivity index (χ1v) is 16.0. The summed E-state index contributed by atoms with van der Waals surface area (Å²) in [5.74, 6) is 0.366. The predicted octanol–water partition coefficient (Wildman–Crippen LogP) is 10.6. The van der Waals surface area contributed by atoms with Gasteiger partial charge in [0.1, 0.15) is 23.0 Å². The Bertz CT molecular complexity index is 2300. The molecule has 0 atom stereocenters. The number of rotatable bonds is 7. The van der Waals surface area contributed by atoms with Crippen LogP contribution in [0.3, 0.4) is 0 Å². The van der Waals surface area contributed by atoms with E-state index in [9.17, 15) is 0 Å². The average molecular weight is 652 g/mol. The fourth-order valence-electron chi connectivity index (χ4n) is 5.93. The molecule has 3 heterocycles. The van der Waals surface area contributed by atoms with Crippen LogP contribution in [0.4, 0.5) is 8.78 Å². The third-order valence-corrected chi connectivity index (χ3v) is 8.33. The van der Waals surface area contributed by atoms with Crippen LogP contribution >= 0.6 is 0 Å². The molecule has 7 heteroatoms. The van der Waals surface area contributed by atoms with Gasteiger partial charge in [0.2, 0.25) is 0 Å². The van der Waals surface area contributed by atoms with Crippen molar-refractivity contribution in [2.45, 2.75) is 0 Å². The molecule has 0 amide bonds. The first-order valence-electron chi connectivity index (χ1n) is 16.0. The number of hydrogen-bond acceptors (Lipinski definition) is 5. The monoisotopic (exact) mass is 651 g/mol. The number of pyridine rings is 2. The molecule has 3 aromatic heterocycles. The summed E-state index contributed by atoms with van der Waals surface area (Å²) < 4.78 is 30.3. The second-order valence-electron chi connectivity index (χ2n) is 11.7. The highest BCUT2D eigenvalue weighted by molar-refractivity contribution is 5.82. The van der Waals surface area contributed by atoms with E-state index in [0.717, 1.165) is 27.8 Å². The van der Waals surface area contributed by atoms with Crippen molar-refractivity contribution in [3.63, 3.8) is 0 Å². The summed E-state index contributed by atoms with van der Waals surface area (Å²) in [6.07, 6.45) is 3.15. The SMILES string of the molecule is Fc1cccnc1-c1cc(-c2ccccc2)cc(-c2nc(-c3ccccc3)nc(-c3cc(-c4ccccc4)cc(-c4ncccc4F)c3)n2)c1. The number of benzene rings is 5. The molecule has 0 saturated carbocycles. The summed E-state index contributed by atoms with van der Waals surface area (Å²) in [7, 11) is 0. The third kappa shape index (κ3) is 6.28. The zero-order chi connectivity index (χ0) is 33.9. The van der Waals surface area contributed by atoms with Crippen LogP contribution in [-0.4, -0.2) is 24.9 Å². The number of nitrogens with zero attached hydrogens (tertiary/aromatic N) is 5. The van der Waals surface area contributed by atoms with Crippen molar-refractivity contribution in [2.24, 2.45) is 0 Å².